The summed E-state index contributed by atoms with van der Waals surface area (Å²) in [6, 6.07) is 68.4. The van der Waals surface area contributed by atoms with Crippen molar-refractivity contribution in [1.82, 2.24) is 4.57 Å². The standard InChI is InChI=1S/C70H65B2N3/c1-67(2,3)42-31-33-54-50(35-42)52-37-44(69(7,8)9)39-59-62(52)71(54)56-41-61(73(46-23-15-13-16-24-46)47-25-17-14-18-26-47)66(74-57-29-21-19-27-48(57)49-28-20-22-30-58(49)74)64-65(56)75(59)60-40-45(70(10,11)12)38-53-51-36-43(68(4,5)6)32-34-55(51)72(64)63(53)60/h13-41H,1-12H3. The van der Waals surface area contributed by atoms with Crippen molar-refractivity contribution in [2.24, 2.45) is 0 Å². The smallest absolute Gasteiger partial charge is 0.251 e. The maximum absolute atomic E-state index is 2.80. The molecular formula is C70H65B2N3. The summed E-state index contributed by atoms with van der Waals surface area (Å²) >= 11 is 0. The Labute approximate surface area is 445 Å². The van der Waals surface area contributed by atoms with Gasteiger partial charge in [0.2, 0.25) is 6.71 Å². The molecule has 3 nitrogen and oxygen atoms in total. The van der Waals surface area contributed by atoms with E-state index in [1.807, 2.05) is 0 Å². The van der Waals surface area contributed by atoms with E-state index < -0.39 is 0 Å². The Morgan fingerprint density at radius 3 is 1.23 bits per heavy atom. The van der Waals surface area contributed by atoms with Gasteiger partial charge in [-0.15, -0.1) is 0 Å². The van der Waals surface area contributed by atoms with Crippen LogP contribution in [0.25, 0.3) is 49.7 Å². The molecule has 75 heavy (non-hydrogen) atoms. The molecule has 9 aromatic carbocycles. The van der Waals surface area contributed by atoms with Crippen molar-refractivity contribution in [3.8, 4) is 27.9 Å². The fourth-order valence-corrected chi connectivity index (χ4v) is 13.5. The number of anilines is 6. The largest absolute Gasteiger partial charge is 0.312 e. The summed E-state index contributed by atoms with van der Waals surface area (Å²) < 4.78 is 2.66. The van der Waals surface area contributed by atoms with Gasteiger partial charge in [0, 0.05) is 39.2 Å². The Morgan fingerprint density at radius 2 is 0.760 bits per heavy atom. The fourth-order valence-electron chi connectivity index (χ4n) is 13.5. The number of hydrogen-bond acceptors (Lipinski definition) is 2. The van der Waals surface area contributed by atoms with Crippen molar-refractivity contribution in [2.75, 3.05) is 9.80 Å². The number of aromatic nitrogens is 1. The van der Waals surface area contributed by atoms with E-state index >= 15 is 0 Å². The van der Waals surface area contributed by atoms with Crippen molar-refractivity contribution in [3.05, 3.63) is 198 Å². The number of para-hydroxylation sites is 4. The number of nitrogens with zero attached hydrogens (tertiary/aromatic N) is 3. The molecule has 4 aliphatic rings. The van der Waals surface area contributed by atoms with Gasteiger partial charge < -0.3 is 14.4 Å². The SMILES string of the molecule is CC(C)(C)c1ccc2c(c1)-c1cc(C(C)(C)C)cc3c1B2c1cc(N(c2ccccc2)c2ccccc2)c(-n2c4ccccc4c4ccccc42)c2c1N3c1cc(C(C)(C)C)cc3c1B2c1ccc(C(C)(C)C)cc1-3. The first kappa shape index (κ1) is 46.1. The number of hydrogen-bond donors (Lipinski definition) is 0. The monoisotopic (exact) mass is 970 g/mol. The van der Waals surface area contributed by atoms with Crippen LogP contribution in [-0.2, 0) is 21.7 Å². The minimum Gasteiger partial charge on any atom is -0.312 e. The van der Waals surface area contributed by atoms with E-state index in [0.717, 1.165) is 11.4 Å². The number of fused-ring (bicyclic) bond motifs is 13. The highest BCUT2D eigenvalue weighted by atomic mass is 15.2. The molecular weight excluding hydrogens is 904 g/mol. The minimum absolute atomic E-state index is 0.00616. The summed E-state index contributed by atoms with van der Waals surface area (Å²) in [5.74, 6) is 0. The molecule has 0 spiro atoms. The Bertz CT molecular complexity index is 3940. The molecule has 0 aliphatic carbocycles. The van der Waals surface area contributed by atoms with Gasteiger partial charge in [-0.1, -0.05) is 215 Å². The van der Waals surface area contributed by atoms with Crippen LogP contribution in [0, 0.1) is 0 Å². The van der Waals surface area contributed by atoms with E-state index in [1.165, 1.54) is 128 Å². The van der Waals surface area contributed by atoms with Crippen LogP contribution in [-0.4, -0.2) is 18.0 Å². The first-order chi connectivity index (χ1) is 35.8. The number of rotatable bonds is 4. The average molecular weight is 970 g/mol. The molecule has 5 heteroatoms. The summed E-state index contributed by atoms with van der Waals surface area (Å²) in [5.41, 5.74) is 29.9. The molecule has 0 saturated heterocycles. The molecule has 4 aliphatic heterocycles. The molecule has 0 atom stereocenters. The van der Waals surface area contributed by atoms with Gasteiger partial charge in [0.1, 0.15) is 0 Å². The summed E-state index contributed by atoms with van der Waals surface area (Å²) in [5, 5.41) is 2.51. The third-order valence-corrected chi connectivity index (χ3v) is 17.4. The van der Waals surface area contributed by atoms with Crippen LogP contribution in [0.15, 0.2) is 176 Å². The quantitative estimate of drug-likeness (QED) is 0.163. The minimum atomic E-state index is -0.106. The van der Waals surface area contributed by atoms with Gasteiger partial charge >= 0.3 is 0 Å². The molecule has 366 valence electrons. The third kappa shape index (κ3) is 6.62. The van der Waals surface area contributed by atoms with E-state index in [-0.39, 0.29) is 35.1 Å². The molecule has 0 amide bonds. The fraction of sp³-hybridized carbons (Fsp3) is 0.229. The third-order valence-electron chi connectivity index (χ3n) is 17.4. The lowest BCUT2D eigenvalue weighted by atomic mass is 9.32. The van der Waals surface area contributed by atoms with Crippen LogP contribution >= 0.6 is 0 Å². The zero-order valence-electron chi connectivity index (χ0n) is 45.7. The van der Waals surface area contributed by atoms with Crippen LogP contribution < -0.4 is 42.6 Å². The molecule has 1 aromatic heterocycles. The maximum Gasteiger partial charge on any atom is 0.251 e. The first-order valence-electron chi connectivity index (χ1n) is 27.3. The van der Waals surface area contributed by atoms with Crippen LogP contribution in [0.2, 0.25) is 0 Å². The second-order valence-electron chi connectivity index (χ2n) is 26.2. The Balaban J connectivity index is 1.25. The topological polar surface area (TPSA) is 11.4 Å². The van der Waals surface area contributed by atoms with Gasteiger partial charge in [-0.2, -0.15) is 0 Å². The van der Waals surface area contributed by atoms with E-state index in [4.69, 9.17) is 0 Å². The summed E-state index contributed by atoms with van der Waals surface area (Å²) in [4.78, 5) is 5.36. The van der Waals surface area contributed by atoms with E-state index in [1.54, 1.807) is 0 Å². The van der Waals surface area contributed by atoms with Crippen LogP contribution in [0.4, 0.5) is 34.1 Å². The van der Waals surface area contributed by atoms with Crippen LogP contribution in [0.5, 0.6) is 0 Å². The van der Waals surface area contributed by atoms with Gasteiger partial charge in [0.25, 0.3) is 6.71 Å². The van der Waals surface area contributed by atoms with Crippen molar-refractivity contribution in [1.29, 1.82) is 0 Å². The molecule has 10 aromatic rings. The zero-order chi connectivity index (χ0) is 51.8. The average Bonchev–Trinajstić information content (AvgIpc) is 4.12. The van der Waals surface area contributed by atoms with E-state index in [0.29, 0.717) is 0 Å². The van der Waals surface area contributed by atoms with Crippen molar-refractivity contribution in [3.63, 3.8) is 0 Å². The molecule has 0 fully saturated rings. The molecule has 0 N–H and O–H groups in total. The summed E-state index contributed by atoms with van der Waals surface area (Å²) in [7, 11) is 0. The lowest BCUT2D eigenvalue weighted by molar-refractivity contribution is 0.589. The van der Waals surface area contributed by atoms with Gasteiger partial charge in [-0.25, -0.2) is 0 Å². The highest BCUT2D eigenvalue weighted by Crippen LogP contribution is 2.51. The lowest BCUT2D eigenvalue weighted by Gasteiger charge is -2.45. The Morgan fingerprint density at radius 1 is 0.347 bits per heavy atom. The second-order valence-corrected chi connectivity index (χ2v) is 26.2. The summed E-state index contributed by atoms with van der Waals surface area (Å²) in [6.07, 6.45) is 0. The van der Waals surface area contributed by atoms with Crippen molar-refractivity contribution >= 4 is 102 Å². The van der Waals surface area contributed by atoms with Gasteiger partial charge in [0.15, 0.2) is 0 Å². The van der Waals surface area contributed by atoms with Crippen LogP contribution in [0.1, 0.15) is 105 Å². The molecule has 0 radical (unpaired) electrons. The van der Waals surface area contributed by atoms with Crippen LogP contribution in [0.3, 0.4) is 0 Å². The first-order valence-corrected chi connectivity index (χ1v) is 27.3. The highest BCUT2D eigenvalue weighted by Gasteiger charge is 2.53. The van der Waals surface area contributed by atoms with Crippen molar-refractivity contribution < 1.29 is 0 Å². The molecule has 5 heterocycles. The predicted octanol–water partition coefficient (Wildman–Crippen LogP) is 14.5. The van der Waals surface area contributed by atoms with Gasteiger partial charge in [-0.3, -0.25) is 0 Å². The Hall–Kier alpha value is -7.49. The lowest BCUT2D eigenvalue weighted by Crippen LogP contribution is -2.64. The molecule has 0 saturated carbocycles. The van der Waals surface area contributed by atoms with Crippen molar-refractivity contribution in [2.45, 2.75) is 105 Å². The second kappa shape index (κ2) is 15.5. The van der Waals surface area contributed by atoms with E-state index in [9.17, 15) is 0 Å². The highest BCUT2D eigenvalue weighted by molar-refractivity contribution is 7.06. The normalized spacial score (nSPS) is 14.1. The number of benzene rings is 9. The summed E-state index contributed by atoms with van der Waals surface area (Å²) in [6.45, 7) is 28.4. The Kier molecular flexibility index (Phi) is 9.55. The zero-order valence-corrected chi connectivity index (χ0v) is 45.7. The van der Waals surface area contributed by atoms with Gasteiger partial charge in [-0.05, 0) is 143 Å². The molecule has 0 unspecified atom stereocenters. The van der Waals surface area contributed by atoms with E-state index in [2.05, 4.69) is 273 Å². The maximum atomic E-state index is 2.80. The molecule has 14 rings (SSSR count). The van der Waals surface area contributed by atoms with Gasteiger partial charge in [0.05, 0.1) is 22.4 Å². The predicted molar refractivity (Wildman–Crippen MR) is 325 cm³/mol. The molecule has 0 bridgehead atoms.